The fourth-order valence-corrected chi connectivity index (χ4v) is 6.54. The van der Waals surface area contributed by atoms with Gasteiger partial charge in [0, 0.05) is 45.3 Å². The Kier molecular flexibility index (Phi) is 5.45. The molecule has 2 aromatic carbocycles. The monoisotopic (exact) mass is 439 g/mol. The van der Waals surface area contributed by atoms with Crippen LogP contribution in [-0.2, 0) is 10.0 Å². The van der Waals surface area contributed by atoms with Crippen molar-refractivity contribution in [2.24, 2.45) is 0 Å². The summed E-state index contributed by atoms with van der Waals surface area (Å²) >= 11 is 0. The third-order valence-electron chi connectivity index (χ3n) is 6.44. The van der Waals surface area contributed by atoms with E-state index in [1.165, 1.54) is 0 Å². The standard InChI is InChI=1S/C23H29N5O2S/c1-18-6-4-8-20(16-18)31(29,30)28-11-5-7-19(28)17-26-12-14-27(15-13-26)23-24-21-9-2-3-10-22(21)25-23/h2-4,6,8-10,16,19H,5,7,11-15,17H2,1H3,(H,24,25)/t19-/m1/s1. The summed E-state index contributed by atoms with van der Waals surface area (Å²) < 4.78 is 28.2. The van der Waals surface area contributed by atoms with E-state index in [0.29, 0.717) is 11.4 Å². The number of aromatic amines is 1. The van der Waals surface area contributed by atoms with Crippen LogP contribution in [0.4, 0.5) is 5.95 Å². The summed E-state index contributed by atoms with van der Waals surface area (Å²) in [4.78, 5) is 13.2. The molecule has 1 N–H and O–H groups in total. The fraction of sp³-hybridized carbons (Fsp3) is 0.435. The molecule has 3 aromatic rings. The zero-order chi connectivity index (χ0) is 21.4. The summed E-state index contributed by atoms with van der Waals surface area (Å²) in [6, 6.07) is 15.4. The molecule has 0 spiro atoms. The van der Waals surface area contributed by atoms with E-state index in [0.717, 1.165) is 68.1 Å². The number of benzene rings is 2. The maximum atomic E-state index is 13.2. The lowest BCUT2D eigenvalue weighted by atomic mass is 10.2. The molecule has 7 nitrogen and oxygen atoms in total. The SMILES string of the molecule is Cc1cccc(S(=O)(=O)N2CCC[C@@H]2CN2CCN(c3nc4ccccc4[nH]3)CC2)c1. The van der Waals surface area contributed by atoms with Crippen LogP contribution < -0.4 is 4.90 Å². The molecule has 1 aromatic heterocycles. The molecular formula is C23H29N5O2S. The van der Waals surface area contributed by atoms with Crippen LogP contribution in [0.15, 0.2) is 53.4 Å². The minimum absolute atomic E-state index is 0.0447. The van der Waals surface area contributed by atoms with Crippen LogP contribution in [-0.4, -0.2) is 72.9 Å². The van der Waals surface area contributed by atoms with Gasteiger partial charge in [-0.3, -0.25) is 4.90 Å². The first-order chi connectivity index (χ1) is 15.0. The highest BCUT2D eigenvalue weighted by molar-refractivity contribution is 7.89. The van der Waals surface area contributed by atoms with Crippen LogP contribution in [0.3, 0.4) is 0 Å². The molecule has 0 aliphatic carbocycles. The molecule has 31 heavy (non-hydrogen) atoms. The van der Waals surface area contributed by atoms with Gasteiger partial charge in [0.25, 0.3) is 0 Å². The van der Waals surface area contributed by atoms with E-state index in [4.69, 9.17) is 4.98 Å². The molecule has 0 saturated carbocycles. The Labute approximate surface area is 183 Å². The van der Waals surface area contributed by atoms with E-state index in [1.54, 1.807) is 16.4 Å². The fourth-order valence-electron chi connectivity index (χ4n) is 4.75. The molecule has 0 bridgehead atoms. The van der Waals surface area contributed by atoms with Gasteiger partial charge < -0.3 is 9.88 Å². The lowest BCUT2D eigenvalue weighted by Crippen LogP contribution is -2.51. The Balaban J connectivity index is 1.23. The van der Waals surface area contributed by atoms with Gasteiger partial charge in [-0.25, -0.2) is 13.4 Å². The number of para-hydroxylation sites is 2. The summed E-state index contributed by atoms with van der Waals surface area (Å²) in [5, 5.41) is 0. The lowest BCUT2D eigenvalue weighted by Gasteiger charge is -2.37. The predicted octanol–water partition coefficient (Wildman–Crippen LogP) is 2.85. The van der Waals surface area contributed by atoms with Crippen molar-refractivity contribution in [2.75, 3.05) is 44.2 Å². The third kappa shape index (κ3) is 4.07. The van der Waals surface area contributed by atoms with Crippen molar-refractivity contribution in [1.29, 1.82) is 0 Å². The Morgan fingerprint density at radius 2 is 1.84 bits per heavy atom. The Morgan fingerprint density at radius 1 is 1.03 bits per heavy atom. The van der Waals surface area contributed by atoms with Crippen LogP contribution >= 0.6 is 0 Å². The zero-order valence-corrected chi connectivity index (χ0v) is 18.7. The number of sulfonamides is 1. The second-order valence-corrected chi connectivity index (χ2v) is 10.5. The van der Waals surface area contributed by atoms with E-state index in [2.05, 4.69) is 14.8 Å². The highest BCUT2D eigenvalue weighted by atomic mass is 32.2. The number of anilines is 1. The van der Waals surface area contributed by atoms with Gasteiger partial charge in [-0.1, -0.05) is 24.3 Å². The van der Waals surface area contributed by atoms with Gasteiger partial charge in [0.1, 0.15) is 0 Å². The maximum Gasteiger partial charge on any atom is 0.243 e. The lowest BCUT2D eigenvalue weighted by molar-refractivity contribution is 0.208. The van der Waals surface area contributed by atoms with Gasteiger partial charge in [-0.2, -0.15) is 4.31 Å². The van der Waals surface area contributed by atoms with Gasteiger partial charge in [-0.05, 0) is 49.6 Å². The first-order valence-corrected chi connectivity index (χ1v) is 12.5. The molecule has 0 amide bonds. The largest absolute Gasteiger partial charge is 0.340 e. The van der Waals surface area contributed by atoms with Gasteiger partial charge in [0.05, 0.1) is 15.9 Å². The van der Waals surface area contributed by atoms with Crippen molar-refractivity contribution < 1.29 is 8.42 Å². The number of aromatic nitrogens is 2. The third-order valence-corrected chi connectivity index (χ3v) is 8.38. The van der Waals surface area contributed by atoms with Gasteiger partial charge in [0.15, 0.2) is 0 Å². The summed E-state index contributed by atoms with van der Waals surface area (Å²) in [5.74, 6) is 0.922. The molecular weight excluding hydrogens is 410 g/mol. The minimum Gasteiger partial charge on any atom is -0.340 e. The number of aryl methyl sites for hydroxylation is 1. The minimum atomic E-state index is -3.45. The molecule has 2 aliphatic heterocycles. The van der Waals surface area contributed by atoms with E-state index in [1.807, 2.05) is 43.3 Å². The molecule has 1 atom stereocenters. The topological polar surface area (TPSA) is 72.5 Å². The first kappa shape index (κ1) is 20.5. The molecule has 0 unspecified atom stereocenters. The number of imidazole rings is 1. The molecule has 2 fully saturated rings. The number of nitrogens with zero attached hydrogens (tertiary/aromatic N) is 4. The number of hydrogen-bond acceptors (Lipinski definition) is 5. The number of fused-ring (bicyclic) bond motifs is 1. The smallest absolute Gasteiger partial charge is 0.243 e. The quantitative estimate of drug-likeness (QED) is 0.662. The van der Waals surface area contributed by atoms with Crippen LogP contribution in [0.2, 0.25) is 0 Å². The molecule has 5 rings (SSSR count). The van der Waals surface area contributed by atoms with E-state index in [9.17, 15) is 8.42 Å². The van der Waals surface area contributed by atoms with Crippen molar-refractivity contribution in [3.8, 4) is 0 Å². The summed E-state index contributed by atoms with van der Waals surface area (Å²) in [6.07, 6.45) is 1.85. The second-order valence-electron chi connectivity index (χ2n) is 8.59. The maximum absolute atomic E-state index is 13.2. The summed E-state index contributed by atoms with van der Waals surface area (Å²) in [6.45, 7) is 6.92. The average molecular weight is 440 g/mol. The van der Waals surface area contributed by atoms with Crippen molar-refractivity contribution >= 4 is 27.0 Å². The van der Waals surface area contributed by atoms with Crippen LogP contribution in [0.5, 0.6) is 0 Å². The van der Waals surface area contributed by atoms with Gasteiger partial charge >= 0.3 is 0 Å². The Hall–Kier alpha value is -2.42. The van der Waals surface area contributed by atoms with Gasteiger partial charge in [0.2, 0.25) is 16.0 Å². The average Bonchev–Trinajstić information content (AvgIpc) is 3.41. The molecule has 8 heteroatoms. The molecule has 3 heterocycles. The van der Waals surface area contributed by atoms with Crippen molar-refractivity contribution in [2.45, 2.75) is 30.7 Å². The molecule has 2 saturated heterocycles. The molecule has 164 valence electrons. The highest BCUT2D eigenvalue weighted by Gasteiger charge is 2.36. The van der Waals surface area contributed by atoms with Crippen LogP contribution in [0.1, 0.15) is 18.4 Å². The number of piperazine rings is 1. The molecule has 0 radical (unpaired) electrons. The Morgan fingerprint density at radius 3 is 2.61 bits per heavy atom. The number of H-pyrrole nitrogens is 1. The zero-order valence-electron chi connectivity index (χ0n) is 17.9. The number of nitrogens with one attached hydrogen (secondary N) is 1. The summed E-state index contributed by atoms with van der Waals surface area (Å²) in [7, 11) is -3.45. The number of rotatable bonds is 5. The predicted molar refractivity (Wildman–Crippen MR) is 123 cm³/mol. The second kappa shape index (κ2) is 8.26. The van der Waals surface area contributed by atoms with E-state index >= 15 is 0 Å². The summed E-state index contributed by atoms with van der Waals surface area (Å²) in [5.41, 5.74) is 3.02. The van der Waals surface area contributed by atoms with Crippen LogP contribution in [0, 0.1) is 6.92 Å². The van der Waals surface area contributed by atoms with E-state index < -0.39 is 10.0 Å². The van der Waals surface area contributed by atoms with Crippen molar-refractivity contribution in [1.82, 2.24) is 19.2 Å². The van der Waals surface area contributed by atoms with Gasteiger partial charge in [-0.15, -0.1) is 0 Å². The number of hydrogen-bond donors (Lipinski definition) is 1. The molecule has 2 aliphatic rings. The van der Waals surface area contributed by atoms with E-state index in [-0.39, 0.29) is 6.04 Å². The Bertz CT molecular complexity index is 1130. The van der Waals surface area contributed by atoms with Crippen molar-refractivity contribution in [3.63, 3.8) is 0 Å². The van der Waals surface area contributed by atoms with Crippen molar-refractivity contribution in [3.05, 3.63) is 54.1 Å². The highest BCUT2D eigenvalue weighted by Crippen LogP contribution is 2.27. The van der Waals surface area contributed by atoms with Crippen LogP contribution in [0.25, 0.3) is 11.0 Å². The normalized spacial score (nSPS) is 21.2. The first-order valence-electron chi connectivity index (χ1n) is 11.0.